The van der Waals surface area contributed by atoms with Crippen LogP contribution in [0.3, 0.4) is 0 Å². The Kier molecular flexibility index (Phi) is 7.04. The third-order valence-corrected chi connectivity index (χ3v) is 4.09. The number of hydrogen-bond donors (Lipinski definition) is 2. The molecule has 5 nitrogen and oxygen atoms in total. The van der Waals surface area contributed by atoms with E-state index in [1.807, 2.05) is 49.3 Å². The molecule has 0 radical (unpaired) electrons. The van der Waals surface area contributed by atoms with E-state index in [1.165, 1.54) is 0 Å². The monoisotopic (exact) mass is 373 g/mol. The largest absolute Gasteiger partial charge is 0.377 e. The van der Waals surface area contributed by atoms with E-state index in [9.17, 15) is 9.59 Å². The van der Waals surface area contributed by atoms with Gasteiger partial charge in [0.25, 0.3) is 5.91 Å². The maximum Gasteiger partial charge on any atom is 0.253 e. The lowest BCUT2D eigenvalue weighted by Crippen LogP contribution is -2.28. The Balaban J connectivity index is 2.10. The lowest BCUT2D eigenvalue weighted by Gasteiger charge is -2.19. The first-order chi connectivity index (χ1) is 12.4. The van der Waals surface area contributed by atoms with Crippen LogP contribution in [0, 0.1) is 0 Å². The molecule has 2 N–H and O–H groups in total. The molecule has 0 aromatic heterocycles. The molecule has 1 unspecified atom stereocenters. The molecule has 0 aliphatic carbocycles. The van der Waals surface area contributed by atoms with Gasteiger partial charge in [0.2, 0.25) is 5.91 Å². The summed E-state index contributed by atoms with van der Waals surface area (Å²) in [7, 11) is 3.74. The highest BCUT2D eigenvalue weighted by molar-refractivity contribution is 6.32. The molecule has 0 saturated carbocycles. The minimum atomic E-state index is -0.647. The molecule has 0 heterocycles. The summed E-state index contributed by atoms with van der Waals surface area (Å²) < 4.78 is 0. The predicted molar refractivity (Wildman–Crippen MR) is 107 cm³/mol. The van der Waals surface area contributed by atoms with Crippen molar-refractivity contribution in [2.45, 2.75) is 18.7 Å². The van der Waals surface area contributed by atoms with Gasteiger partial charge in [-0.25, -0.2) is 0 Å². The van der Waals surface area contributed by atoms with Crippen molar-refractivity contribution in [3.8, 4) is 0 Å². The van der Waals surface area contributed by atoms with E-state index in [0.29, 0.717) is 17.8 Å². The van der Waals surface area contributed by atoms with Crippen LogP contribution in [-0.4, -0.2) is 37.8 Å². The molecule has 138 valence electrons. The Morgan fingerprint density at radius 1 is 1.12 bits per heavy atom. The second kappa shape index (κ2) is 9.25. The fraction of sp³-hybridized carbons (Fsp3) is 0.300. The molecule has 0 spiro atoms. The summed E-state index contributed by atoms with van der Waals surface area (Å²) in [5.74, 6) is -0.487. The number of rotatable bonds is 7. The van der Waals surface area contributed by atoms with Gasteiger partial charge in [-0.2, -0.15) is 0 Å². The summed E-state index contributed by atoms with van der Waals surface area (Å²) in [5.41, 5.74) is 2.99. The Hall–Kier alpha value is -2.53. The summed E-state index contributed by atoms with van der Waals surface area (Å²) >= 11 is 5.79. The van der Waals surface area contributed by atoms with E-state index >= 15 is 0 Å². The summed E-state index contributed by atoms with van der Waals surface area (Å²) in [5, 5.41) is 5.01. The van der Waals surface area contributed by atoms with Gasteiger partial charge >= 0.3 is 0 Å². The van der Waals surface area contributed by atoms with Crippen LogP contribution in [0.1, 0.15) is 22.8 Å². The predicted octanol–water partition coefficient (Wildman–Crippen LogP) is 3.29. The number of carbonyl (C=O) groups excluding carboxylic acids is 2. The van der Waals surface area contributed by atoms with Crippen molar-refractivity contribution in [3.05, 3.63) is 59.7 Å². The Bertz CT molecular complexity index is 761. The normalized spacial score (nSPS) is 11.5. The van der Waals surface area contributed by atoms with Gasteiger partial charge in [-0.05, 0) is 37.1 Å². The Labute approximate surface area is 159 Å². The highest BCUT2D eigenvalue weighted by atomic mass is 35.5. The fourth-order valence-corrected chi connectivity index (χ4v) is 2.54. The number of halogens is 1. The van der Waals surface area contributed by atoms with Gasteiger partial charge in [0.1, 0.15) is 5.38 Å². The SMILES string of the molecule is CC(Cl)C(=O)Nc1ccc(N(C)C)c(C(=O)NCCc2ccccc2)c1. The van der Waals surface area contributed by atoms with Crippen molar-refractivity contribution in [2.75, 3.05) is 30.9 Å². The molecule has 2 rings (SSSR count). The van der Waals surface area contributed by atoms with Crippen LogP contribution >= 0.6 is 11.6 Å². The van der Waals surface area contributed by atoms with Gasteiger partial charge < -0.3 is 15.5 Å². The number of anilines is 2. The Morgan fingerprint density at radius 3 is 2.42 bits per heavy atom. The van der Waals surface area contributed by atoms with Crippen molar-refractivity contribution < 1.29 is 9.59 Å². The zero-order chi connectivity index (χ0) is 19.1. The minimum absolute atomic E-state index is 0.181. The van der Waals surface area contributed by atoms with Crippen molar-refractivity contribution in [3.63, 3.8) is 0 Å². The van der Waals surface area contributed by atoms with Crippen LogP contribution in [0.2, 0.25) is 0 Å². The highest BCUT2D eigenvalue weighted by Gasteiger charge is 2.16. The van der Waals surface area contributed by atoms with Gasteiger partial charge in [0.05, 0.1) is 5.56 Å². The molecule has 0 fully saturated rings. The summed E-state index contributed by atoms with van der Waals surface area (Å²) in [6, 6.07) is 15.2. The number of hydrogen-bond acceptors (Lipinski definition) is 3. The fourth-order valence-electron chi connectivity index (χ4n) is 2.49. The molecule has 1 atom stereocenters. The molecule has 0 saturated heterocycles. The molecular weight excluding hydrogens is 350 g/mol. The number of alkyl halides is 1. The number of amides is 2. The van der Waals surface area contributed by atoms with Crippen molar-refractivity contribution in [1.29, 1.82) is 0 Å². The van der Waals surface area contributed by atoms with Gasteiger partial charge in [0.15, 0.2) is 0 Å². The van der Waals surface area contributed by atoms with E-state index in [-0.39, 0.29) is 11.8 Å². The average Bonchev–Trinajstić information content (AvgIpc) is 2.62. The molecule has 6 heteroatoms. The van der Waals surface area contributed by atoms with Crippen molar-refractivity contribution in [2.24, 2.45) is 0 Å². The highest BCUT2D eigenvalue weighted by Crippen LogP contribution is 2.23. The summed E-state index contributed by atoms with van der Waals surface area (Å²) in [6.07, 6.45) is 0.754. The van der Waals surface area contributed by atoms with Crippen LogP contribution in [0.25, 0.3) is 0 Å². The van der Waals surface area contributed by atoms with Crippen molar-refractivity contribution >= 4 is 34.8 Å². The zero-order valence-electron chi connectivity index (χ0n) is 15.3. The number of nitrogens with one attached hydrogen (secondary N) is 2. The first-order valence-corrected chi connectivity index (χ1v) is 8.90. The Morgan fingerprint density at radius 2 is 1.81 bits per heavy atom. The van der Waals surface area contributed by atoms with Gasteiger partial charge in [0, 0.05) is 32.0 Å². The summed E-state index contributed by atoms with van der Waals surface area (Å²) in [4.78, 5) is 26.3. The van der Waals surface area contributed by atoms with E-state index < -0.39 is 5.38 Å². The van der Waals surface area contributed by atoms with Gasteiger partial charge in [-0.1, -0.05) is 30.3 Å². The molecule has 26 heavy (non-hydrogen) atoms. The smallest absolute Gasteiger partial charge is 0.253 e. The first-order valence-electron chi connectivity index (χ1n) is 8.47. The summed E-state index contributed by atoms with van der Waals surface area (Å²) in [6.45, 7) is 2.13. The molecule has 0 bridgehead atoms. The second-order valence-corrected chi connectivity index (χ2v) is 6.88. The van der Waals surface area contributed by atoms with Crippen LogP contribution in [0.4, 0.5) is 11.4 Å². The zero-order valence-corrected chi connectivity index (χ0v) is 16.0. The van der Waals surface area contributed by atoms with E-state index in [0.717, 1.165) is 17.7 Å². The molecule has 2 amide bonds. The van der Waals surface area contributed by atoms with E-state index in [1.54, 1.807) is 25.1 Å². The molecule has 0 aliphatic heterocycles. The number of nitrogens with zero attached hydrogens (tertiary/aromatic N) is 1. The number of carbonyl (C=O) groups is 2. The van der Waals surface area contributed by atoms with Crippen LogP contribution in [-0.2, 0) is 11.2 Å². The number of benzene rings is 2. The average molecular weight is 374 g/mol. The van der Waals surface area contributed by atoms with Gasteiger partial charge in [-0.3, -0.25) is 9.59 Å². The lowest BCUT2D eigenvalue weighted by molar-refractivity contribution is -0.115. The molecular formula is C20H24ClN3O2. The van der Waals surface area contributed by atoms with Crippen LogP contribution < -0.4 is 15.5 Å². The lowest BCUT2D eigenvalue weighted by atomic mass is 10.1. The third kappa shape index (κ3) is 5.49. The molecule has 2 aromatic carbocycles. The minimum Gasteiger partial charge on any atom is -0.377 e. The maximum absolute atomic E-state index is 12.7. The topological polar surface area (TPSA) is 61.4 Å². The van der Waals surface area contributed by atoms with Gasteiger partial charge in [-0.15, -0.1) is 11.6 Å². The third-order valence-electron chi connectivity index (χ3n) is 3.89. The maximum atomic E-state index is 12.7. The van der Waals surface area contributed by atoms with Crippen LogP contribution in [0.15, 0.2) is 48.5 Å². The standard InChI is InChI=1S/C20H24ClN3O2/c1-14(21)19(25)23-16-9-10-18(24(2)3)17(13-16)20(26)22-12-11-15-7-5-4-6-8-15/h4-10,13-14H,11-12H2,1-3H3,(H,22,26)(H,23,25). The van der Waals surface area contributed by atoms with E-state index in [2.05, 4.69) is 10.6 Å². The van der Waals surface area contributed by atoms with Crippen LogP contribution in [0.5, 0.6) is 0 Å². The molecule has 0 aliphatic rings. The first kappa shape index (κ1) is 19.8. The van der Waals surface area contributed by atoms with Crippen molar-refractivity contribution in [1.82, 2.24) is 5.32 Å². The second-order valence-electron chi connectivity index (χ2n) is 6.22. The van der Waals surface area contributed by atoms with E-state index in [4.69, 9.17) is 11.6 Å². The molecule has 2 aromatic rings. The quantitative estimate of drug-likeness (QED) is 0.732.